The van der Waals surface area contributed by atoms with Gasteiger partial charge in [0.25, 0.3) is 17.7 Å². The summed E-state index contributed by atoms with van der Waals surface area (Å²) in [6, 6.07) is 13.5. The van der Waals surface area contributed by atoms with Gasteiger partial charge in [-0.15, -0.1) is 0 Å². The van der Waals surface area contributed by atoms with Crippen molar-refractivity contribution in [2.45, 2.75) is 19.4 Å². The van der Waals surface area contributed by atoms with E-state index >= 15 is 0 Å². The van der Waals surface area contributed by atoms with Gasteiger partial charge in [-0.3, -0.25) is 23.9 Å². The molecule has 0 spiro atoms. The van der Waals surface area contributed by atoms with E-state index in [4.69, 9.17) is 22.1 Å². The molecule has 4 rings (SSSR count). The number of hydrogen-bond donors (Lipinski definition) is 3. The second-order valence-electron chi connectivity index (χ2n) is 9.38. The van der Waals surface area contributed by atoms with Crippen molar-refractivity contribution in [3.05, 3.63) is 76.8 Å². The van der Waals surface area contributed by atoms with Crippen molar-refractivity contribution < 1.29 is 19.1 Å². The van der Waals surface area contributed by atoms with Gasteiger partial charge in [0.1, 0.15) is 12.0 Å². The van der Waals surface area contributed by atoms with Crippen LogP contribution in [-0.4, -0.2) is 70.6 Å². The van der Waals surface area contributed by atoms with Gasteiger partial charge in [0.2, 0.25) is 0 Å². The zero-order valence-corrected chi connectivity index (χ0v) is 21.4. The van der Waals surface area contributed by atoms with Gasteiger partial charge in [0.05, 0.1) is 23.8 Å². The molecule has 1 fully saturated rings. The van der Waals surface area contributed by atoms with E-state index in [1.54, 1.807) is 48.5 Å². The number of nitrogens with zero attached hydrogens (tertiary/aromatic N) is 3. The highest BCUT2D eigenvalue weighted by Gasteiger charge is 2.30. The summed E-state index contributed by atoms with van der Waals surface area (Å²) in [6.07, 6.45) is 1.38. The number of primary amides is 1. The van der Waals surface area contributed by atoms with Crippen molar-refractivity contribution in [2.75, 3.05) is 38.2 Å². The molecular formula is C26H29ClN6O4. The molecule has 2 heterocycles. The van der Waals surface area contributed by atoms with Gasteiger partial charge in [-0.2, -0.15) is 0 Å². The van der Waals surface area contributed by atoms with Crippen LogP contribution in [0.2, 0.25) is 5.02 Å². The van der Waals surface area contributed by atoms with Crippen molar-refractivity contribution in [3.8, 4) is 5.69 Å². The number of morpholine rings is 1. The molecule has 1 saturated heterocycles. The molecule has 0 saturated carbocycles. The van der Waals surface area contributed by atoms with Gasteiger partial charge >= 0.3 is 0 Å². The van der Waals surface area contributed by atoms with Gasteiger partial charge in [-0.1, -0.05) is 23.7 Å². The predicted molar refractivity (Wildman–Crippen MR) is 140 cm³/mol. The lowest BCUT2D eigenvalue weighted by Crippen LogP contribution is -2.54. The third-order valence-corrected chi connectivity index (χ3v) is 6.24. The number of nitrogens with one attached hydrogen (secondary N) is 2. The molecule has 2 aromatic carbocycles. The number of ether oxygens (including phenoxy) is 1. The van der Waals surface area contributed by atoms with Crippen LogP contribution in [0.5, 0.6) is 0 Å². The lowest BCUT2D eigenvalue weighted by molar-refractivity contribution is 0.0268. The number of carbonyl (C=O) groups excluding carboxylic acids is 3. The van der Waals surface area contributed by atoms with Crippen LogP contribution >= 0.6 is 11.6 Å². The first-order chi connectivity index (χ1) is 17.6. The van der Waals surface area contributed by atoms with Gasteiger partial charge in [-0.25, -0.2) is 4.98 Å². The van der Waals surface area contributed by atoms with Crippen molar-refractivity contribution in [2.24, 2.45) is 5.73 Å². The number of aromatic nitrogens is 2. The third kappa shape index (κ3) is 6.34. The number of benzene rings is 2. The Kier molecular flexibility index (Phi) is 7.91. The average Bonchev–Trinajstić information content (AvgIpc) is 3.31. The summed E-state index contributed by atoms with van der Waals surface area (Å²) in [6.45, 7) is 7.31. The van der Waals surface area contributed by atoms with Gasteiger partial charge in [0.15, 0.2) is 5.69 Å². The van der Waals surface area contributed by atoms with Crippen molar-refractivity contribution >= 4 is 35.0 Å². The molecule has 0 unspecified atom stereocenters. The predicted octanol–water partition coefficient (Wildman–Crippen LogP) is 2.72. The summed E-state index contributed by atoms with van der Waals surface area (Å²) in [5.41, 5.74) is 6.29. The monoisotopic (exact) mass is 524 g/mol. The van der Waals surface area contributed by atoms with Crippen LogP contribution in [0.4, 0.5) is 5.69 Å². The highest BCUT2D eigenvalue weighted by molar-refractivity contribution is 6.34. The zero-order chi connectivity index (χ0) is 26.6. The fraction of sp³-hybridized carbons (Fsp3) is 0.308. The Bertz CT molecular complexity index is 1300. The summed E-state index contributed by atoms with van der Waals surface area (Å²) in [5, 5.41) is 6.15. The highest BCUT2D eigenvalue weighted by atomic mass is 35.5. The molecule has 3 aromatic rings. The van der Waals surface area contributed by atoms with Crippen molar-refractivity contribution in [3.63, 3.8) is 0 Å². The van der Waals surface area contributed by atoms with Crippen LogP contribution in [0.15, 0.2) is 54.9 Å². The second kappa shape index (κ2) is 11.1. The Labute approximate surface area is 219 Å². The van der Waals surface area contributed by atoms with Crippen LogP contribution < -0.4 is 16.4 Å². The van der Waals surface area contributed by atoms with Crippen LogP contribution in [0.3, 0.4) is 0 Å². The first-order valence-corrected chi connectivity index (χ1v) is 12.2. The summed E-state index contributed by atoms with van der Waals surface area (Å²) >= 11 is 6.11. The molecule has 194 valence electrons. The first kappa shape index (κ1) is 26.3. The van der Waals surface area contributed by atoms with Gasteiger partial charge < -0.3 is 21.1 Å². The number of imidazole rings is 1. The topological polar surface area (TPSA) is 132 Å². The smallest absolute Gasteiger partial charge is 0.271 e. The van der Waals surface area contributed by atoms with E-state index < -0.39 is 17.4 Å². The third-order valence-electron chi connectivity index (χ3n) is 5.91. The Morgan fingerprint density at radius 1 is 1.05 bits per heavy atom. The lowest BCUT2D eigenvalue weighted by atomic mass is 10.0. The summed E-state index contributed by atoms with van der Waals surface area (Å²) < 4.78 is 6.90. The summed E-state index contributed by atoms with van der Waals surface area (Å²) in [4.78, 5) is 44.3. The maximum Gasteiger partial charge on any atom is 0.271 e. The van der Waals surface area contributed by atoms with E-state index in [2.05, 4.69) is 20.5 Å². The molecule has 1 aromatic heterocycles. The second-order valence-corrected chi connectivity index (χ2v) is 9.79. The van der Waals surface area contributed by atoms with E-state index in [1.165, 1.54) is 10.9 Å². The molecule has 0 atom stereocenters. The van der Waals surface area contributed by atoms with E-state index in [0.717, 1.165) is 13.1 Å². The van der Waals surface area contributed by atoms with Crippen molar-refractivity contribution in [1.82, 2.24) is 19.8 Å². The van der Waals surface area contributed by atoms with E-state index in [-0.39, 0.29) is 17.3 Å². The summed E-state index contributed by atoms with van der Waals surface area (Å²) in [7, 11) is 0. The molecule has 0 aliphatic carbocycles. The minimum Gasteiger partial charge on any atom is -0.379 e. The largest absolute Gasteiger partial charge is 0.379 e. The first-order valence-electron chi connectivity index (χ1n) is 11.8. The Balaban J connectivity index is 1.54. The molecule has 0 bridgehead atoms. The van der Waals surface area contributed by atoms with Gasteiger partial charge in [0, 0.05) is 36.5 Å². The molecule has 1 aliphatic rings. The molecule has 4 N–H and O–H groups in total. The zero-order valence-electron chi connectivity index (χ0n) is 20.7. The number of amides is 3. The van der Waals surface area contributed by atoms with Crippen LogP contribution in [-0.2, 0) is 4.74 Å². The maximum absolute atomic E-state index is 13.4. The SMILES string of the molecule is CC(C)(CN1CCOCC1)NC(=O)c1c(C(N)=O)ncn1-c1ccc(NC(=O)c2ccccc2Cl)cc1. The number of carbonyl (C=O) groups is 3. The molecule has 0 radical (unpaired) electrons. The number of halogens is 1. The van der Waals surface area contributed by atoms with Gasteiger partial charge in [-0.05, 0) is 50.2 Å². The number of hydrogen-bond acceptors (Lipinski definition) is 6. The normalized spacial score (nSPS) is 14.2. The van der Waals surface area contributed by atoms with Crippen LogP contribution in [0, 0.1) is 0 Å². The van der Waals surface area contributed by atoms with E-state index in [1.807, 2.05) is 13.8 Å². The van der Waals surface area contributed by atoms with E-state index in [0.29, 0.717) is 41.7 Å². The minimum absolute atomic E-state index is 0.0374. The molecule has 3 amide bonds. The number of rotatable bonds is 8. The molecule has 11 heteroatoms. The van der Waals surface area contributed by atoms with Crippen LogP contribution in [0.25, 0.3) is 5.69 Å². The fourth-order valence-corrected chi connectivity index (χ4v) is 4.44. The molecule has 1 aliphatic heterocycles. The minimum atomic E-state index is -0.807. The van der Waals surface area contributed by atoms with Crippen LogP contribution in [0.1, 0.15) is 45.2 Å². The molecular weight excluding hydrogens is 496 g/mol. The quantitative estimate of drug-likeness (QED) is 0.415. The Morgan fingerprint density at radius 3 is 2.38 bits per heavy atom. The number of nitrogens with two attached hydrogens (primary N) is 1. The number of anilines is 1. The van der Waals surface area contributed by atoms with Crippen molar-refractivity contribution in [1.29, 1.82) is 0 Å². The Morgan fingerprint density at radius 2 is 1.73 bits per heavy atom. The fourth-order valence-electron chi connectivity index (χ4n) is 4.21. The average molecular weight is 525 g/mol. The molecule has 37 heavy (non-hydrogen) atoms. The Hall–Kier alpha value is -3.73. The lowest BCUT2D eigenvalue weighted by Gasteiger charge is -2.35. The molecule has 10 nitrogen and oxygen atoms in total. The standard InChI is InChI=1S/C26H29ClN6O4/c1-26(2,15-32-11-13-37-14-12-32)31-25(36)22-21(23(28)34)29-16-33(22)18-9-7-17(8-10-18)30-24(35)19-5-3-4-6-20(19)27/h3-10,16H,11-15H2,1-2H3,(H2,28,34)(H,30,35)(H,31,36). The highest BCUT2D eigenvalue weighted by Crippen LogP contribution is 2.21. The van der Waals surface area contributed by atoms with E-state index in [9.17, 15) is 14.4 Å². The maximum atomic E-state index is 13.4. The summed E-state index contributed by atoms with van der Waals surface area (Å²) in [5.74, 6) is -1.63.